The van der Waals surface area contributed by atoms with Crippen LogP contribution in [0.2, 0.25) is 0 Å². The second kappa shape index (κ2) is 10.5. The average Bonchev–Trinajstić information content (AvgIpc) is 3.24. The summed E-state index contributed by atoms with van der Waals surface area (Å²) in [6, 6.07) is 16.2. The summed E-state index contributed by atoms with van der Waals surface area (Å²) in [7, 11) is 0. The Morgan fingerprint density at radius 3 is 2.39 bits per heavy atom. The molecule has 0 aromatic heterocycles. The Balaban J connectivity index is 1.43. The molecule has 2 aromatic carbocycles. The highest BCUT2D eigenvalue weighted by Gasteiger charge is 2.15. The second-order valence-electron chi connectivity index (χ2n) is 7.17. The zero-order valence-electron chi connectivity index (χ0n) is 16.3. The van der Waals surface area contributed by atoms with Gasteiger partial charge in [0, 0.05) is 31.0 Å². The van der Waals surface area contributed by atoms with Gasteiger partial charge in [0.25, 0.3) is 0 Å². The maximum absolute atomic E-state index is 12.1. The standard InChI is InChI=1S/C24H28N2O2/c1-2-17-28-23-12-9-20(10-13-23)11-14-24(27)25-18-21-5-7-22(8-6-21)19-26-15-3-4-16-26/h2,5-14H,1,3-4,15-19H2,(H,25,27)/p+1/b14-11+. The van der Waals surface area contributed by atoms with Crippen LogP contribution in [0.4, 0.5) is 0 Å². The molecule has 1 amide bonds. The van der Waals surface area contributed by atoms with E-state index in [4.69, 9.17) is 4.74 Å². The molecule has 4 heteroatoms. The first-order chi connectivity index (χ1) is 13.7. The zero-order valence-corrected chi connectivity index (χ0v) is 16.3. The lowest BCUT2D eigenvalue weighted by molar-refractivity contribution is -0.901. The summed E-state index contributed by atoms with van der Waals surface area (Å²) in [6.07, 6.45) is 7.76. The molecule has 2 aromatic rings. The van der Waals surface area contributed by atoms with E-state index in [1.165, 1.54) is 31.5 Å². The van der Waals surface area contributed by atoms with Crippen molar-refractivity contribution in [2.24, 2.45) is 0 Å². The maximum Gasteiger partial charge on any atom is 0.244 e. The van der Waals surface area contributed by atoms with Gasteiger partial charge in [-0.05, 0) is 29.3 Å². The highest BCUT2D eigenvalue weighted by Crippen LogP contribution is 2.13. The van der Waals surface area contributed by atoms with Crippen LogP contribution in [0, 0.1) is 0 Å². The Labute approximate surface area is 167 Å². The third kappa shape index (κ3) is 6.39. The van der Waals surface area contributed by atoms with Crippen molar-refractivity contribution in [2.45, 2.75) is 25.9 Å². The van der Waals surface area contributed by atoms with E-state index in [1.54, 1.807) is 23.1 Å². The van der Waals surface area contributed by atoms with Gasteiger partial charge in [0.1, 0.15) is 18.9 Å². The van der Waals surface area contributed by atoms with Gasteiger partial charge in [-0.25, -0.2) is 0 Å². The van der Waals surface area contributed by atoms with Gasteiger partial charge >= 0.3 is 0 Å². The van der Waals surface area contributed by atoms with Crippen molar-refractivity contribution >= 4 is 12.0 Å². The fourth-order valence-corrected chi connectivity index (χ4v) is 3.37. The summed E-state index contributed by atoms with van der Waals surface area (Å²) in [6.45, 7) is 8.32. The molecule has 0 unspecified atom stereocenters. The summed E-state index contributed by atoms with van der Waals surface area (Å²) >= 11 is 0. The Morgan fingerprint density at radius 1 is 1.04 bits per heavy atom. The fraction of sp³-hybridized carbons (Fsp3) is 0.292. The predicted molar refractivity (Wildman–Crippen MR) is 113 cm³/mol. The van der Waals surface area contributed by atoms with Crippen molar-refractivity contribution in [1.82, 2.24) is 5.32 Å². The second-order valence-corrected chi connectivity index (χ2v) is 7.17. The van der Waals surface area contributed by atoms with Crippen LogP contribution in [0.5, 0.6) is 5.75 Å². The Morgan fingerprint density at radius 2 is 1.71 bits per heavy atom. The molecule has 1 heterocycles. The van der Waals surface area contributed by atoms with Gasteiger partial charge in [0.15, 0.2) is 0 Å². The van der Waals surface area contributed by atoms with Crippen molar-refractivity contribution in [1.29, 1.82) is 0 Å². The van der Waals surface area contributed by atoms with Gasteiger partial charge in [-0.3, -0.25) is 4.79 Å². The Bertz CT molecular complexity index is 788. The van der Waals surface area contributed by atoms with Crippen LogP contribution in [0.1, 0.15) is 29.5 Å². The molecule has 3 rings (SSSR count). The minimum absolute atomic E-state index is 0.0995. The molecular formula is C24H29N2O2+. The van der Waals surface area contributed by atoms with Crippen LogP contribution in [0.3, 0.4) is 0 Å². The highest BCUT2D eigenvalue weighted by molar-refractivity contribution is 5.91. The number of carbonyl (C=O) groups is 1. The number of hydrogen-bond acceptors (Lipinski definition) is 2. The Hall–Kier alpha value is -2.85. The molecular weight excluding hydrogens is 348 g/mol. The van der Waals surface area contributed by atoms with Crippen LogP contribution in [-0.4, -0.2) is 25.6 Å². The van der Waals surface area contributed by atoms with Crippen LogP contribution in [0.15, 0.2) is 67.3 Å². The van der Waals surface area contributed by atoms with E-state index in [2.05, 4.69) is 36.2 Å². The lowest BCUT2D eigenvalue weighted by atomic mass is 10.1. The first kappa shape index (κ1) is 19.9. The molecule has 0 spiro atoms. The number of rotatable bonds is 9. The molecule has 0 saturated carbocycles. The van der Waals surface area contributed by atoms with Gasteiger partial charge in [-0.1, -0.05) is 49.1 Å². The number of carbonyl (C=O) groups excluding carboxylic acids is 1. The van der Waals surface area contributed by atoms with Crippen LogP contribution >= 0.6 is 0 Å². The number of hydrogen-bond donors (Lipinski definition) is 2. The van der Waals surface area contributed by atoms with E-state index in [0.29, 0.717) is 13.2 Å². The van der Waals surface area contributed by atoms with Gasteiger partial charge < -0.3 is 15.0 Å². The molecule has 0 aliphatic carbocycles. The van der Waals surface area contributed by atoms with E-state index >= 15 is 0 Å². The summed E-state index contributed by atoms with van der Waals surface area (Å²) in [5.74, 6) is 0.689. The summed E-state index contributed by atoms with van der Waals surface area (Å²) < 4.78 is 5.45. The Kier molecular flexibility index (Phi) is 7.44. The summed E-state index contributed by atoms with van der Waals surface area (Å²) in [4.78, 5) is 13.7. The van der Waals surface area contributed by atoms with Crippen LogP contribution < -0.4 is 15.0 Å². The molecule has 28 heavy (non-hydrogen) atoms. The fourth-order valence-electron chi connectivity index (χ4n) is 3.37. The molecule has 1 fully saturated rings. The average molecular weight is 378 g/mol. The highest BCUT2D eigenvalue weighted by atomic mass is 16.5. The number of quaternary nitrogens is 1. The molecule has 1 aliphatic heterocycles. The van der Waals surface area contributed by atoms with Gasteiger partial charge in [-0.2, -0.15) is 0 Å². The predicted octanol–water partition coefficient (Wildman–Crippen LogP) is 2.76. The van der Waals surface area contributed by atoms with Crippen molar-refractivity contribution in [3.63, 3.8) is 0 Å². The van der Waals surface area contributed by atoms with Crippen molar-refractivity contribution in [2.75, 3.05) is 19.7 Å². The third-order valence-electron chi connectivity index (χ3n) is 4.93. The zero-order chi connectivity index (χ0) is 19.6. The molecule has 1 saturated heterocycles. The topological polar surface area (TPSA) is 42.8 Å². The van der Waals surface area contributed by atoms with E-state index in [1.807, 2.05) is 24.3 Å². The smallest absolute Gasteiger partial charge is 0.244 e. The van der Waals surface area contributed by atoms with Gasteiger partial charge in [-0.15, -0.1) is 0 Å². The molecule has 0 radical (unpaired) electrons. The molecule has 0 atom stereocenters. The van der Waals surface area contributed by atoms with Crippen molar-refractivity contribution in [3.05, 3.63) is 84.0 Å². The minimum Gasteiger partial charge on any atom is -0.490 e. The lowest BCUT2D eigenvalue weighted by Gasteiger charge is -2.12. The number of nitrogens with one attached hydrogen (secondary N) is 2. The lowest BCUT2D eigenvalue weighted by Crippen LogP contribution is -3.08. The van der Waals surface area contributed by atoms with Gasteiger partial charge in [0.05, 0.1) is 13.1 Å². The number of benzene rings is 2. The van der Waals surface area contributed by atoms with Crippen LogP contribution in [0.25, 0.3) is 6.08 Å². The molecule has 146 valence electrons. The quantitative estimate of drug-likeness (QED) is 0.521. The maximum atomic E-state index is 12.1. The van der Waals surface area contributed by atoms with E-state index in [9.17, 15) is 4.79 Å². The summed E-state index contributed by atoms with van der Waals surface area (Å²) in [5.41, 5.74) is 3.44. The van der Waals surface area contributed by atoms with E-state index < -0.39 is 0 Å². The third-order valence-corrected chi connectivity index (χ3v) is 4.93. The SMILES string of the molecule is C=CCOc1ccc(/C=C/C(=O)NCc2ccc(C[NH+]3CCCC3)cc2)cc1. The van der Waals surface area contributed by atoms with Crippen molar-refractivity contribution < 1.29 is 14.4 Å². The minimum atomic E-state index is -0.0995. The summed E-state index contributed by atoms with van der Waals surface area (Å²) in [5, 5.41) is 2.93. The number of amides is 1. The van der Waals surface area contributed by atoms with Crippen molar-refractivity contribution in [3.8, 4) is 5.75 Å². The molecule has 2 N–H and O–H groups in total. The number of ether oxygens (including phenoxy) is 1. The van der Waals surface area contributed by atoms with E-state index in [-0.39, 0.29) is 5.91 Å². The normalized spacial score (nSPS) is 14.3. The molecule has 4 nitrogen and oxygen atoms in total. The largest absolute Gasteiger partial charge is 0.490 e. The first-order valence-corrected chi connectivity index (χ1v) is 9.94. The monoisotopic (exact) mass is 377 g/mol. The molecule has 1 aliphatic rings. The number of likely N-dealkylation sites (tertiary alicyclic amines) is 1. The first-order valence-electron chi connectivity index (χ1n) is 9.94. The van der Waals surface area contributed by atoms with E-state index in [0.717, 1.165) is 23.4 Å². The van der Waals surface area contributed by atoms with Gasteiger partial charge in [0.2, 0.25) is 5.91 Å². The van der Waals surface area contributed by atoms with Crippen LogP contribution in [-0.2, 0) is 17.9 Å². The molecule has 0 bridgehead atoms.